The average Bonchev–Trinajstić information content (AvgIpc) is 2.53. The van der Waals surface area contributed by atoms with E-state index in [4.69, 9.17) is 10.2 Å². The number of aliphatic hydroxyl groups excluding tert-OH is 1. The average molecular weight is 354 g/mol. The Kier molecular flexibility index (Phi) is 14.2. The van der Waals surface area contributed by atoms with E-state index in [0.29, 0.717) is 6.42 Å². The van der Waals surface area contributed by atoms with Gasteiger partial charge >= 0.3 is 5.97 Å². The Morgan fingerprint density at radius 3 is 1.69 bits per heavy atom. The van der Waals surface area contributed by atoms with Crippen molar-refractivity contribution < 1.29 is 15.0 Å². The molecule has 2 aliphatic carbocycles. The second-order valence-electron chi connectivity index (χ2n) is 5.46. The van der Waals surface area contributed by atoms with E-state index in [1.165, 1.54) is 5.57 Å². The fourth-order valence-corrected chi connectivity index (χ4v) is 2.08. The fourth-order valence-electron chi connectivity index (χ4n) is 2.08. The van der Waals surface area contributed by atoms with E-state index in [1.807, 2.05) is 72.9 Å². The monoisotopic (exact) mass is 354 g/mol. The zero-order valence-corrected chi connectivity index (χ0v) is 14.4. The first-order valence-electron chi connectivity index (χ1n) is 8.46. The zero-order valence-electron chi connectivity index (χ0n) is 14.4. The van der Waals surface area contributed by atoms with E-state index >= 15 is 0 Å². The number of aliphatic carboxylic acids is 1. The van der Waals surface area contributed by atoms with Gasteiger partial charge in [0, 0.05) is 13.0 Å². The fraction of sp³-hybridized carbons (Fsp3) is 0.261. The van der Waals surface area contributed by atoms with Gasteiger partial charge < -0.3 is 10.2 Å². The predicted octanol–water partition coefficient (Wildman–Crippen LogP) is 5.46. The molecule has 0 fully saturated rings. The van der Waals surface area contributed by atoms with Gasteiger partial charge in [0.25, 0.3) is 0 Å². The number of carbonyl (C=O) groups is 1. The van der Waals surface area contributed by atoms with Crippen molar-refractivity contribution >= 4 is 5.97 Å². The molecule has 140 valence electrons. The van der Waals surface area contributed by atoms with Crippen LogP contribution in [0.25, 0.3) is 0 Å². The van der Waals surface area contributed by atoms with Crippen LogP contribution in [0.1, 0.15) is 33.1 Å². The molecule has 0 atom stereocenters. The van der Waals surface area contributed by atoms with E-state index in [9.17, 15) is 4.79 Å². The van der Waals surface area contributed by atoms with Crippen molar-refractivity contribution in [2.45, 2.75) is 33.1 Å². The lowest BCUT2D eigenvalue weighted by Gasteiger charge is -1.99. The third kappa shape index (κ3) is 12.7. The SMILES string of the molecule is C.O=C(O)CCC1=C/C=C\C=C/C=C1.OCCCC1=C/C=C\C=C/C=C1. The van der Waals surface area contributed by atoms with Crippen LogP contribution in [0.5, 0.6) is 0 Å². The smallest absolute Gasteiger partial charge is 0.303 e. The Labute approximate surface area is 157 Å². The molecule has 2 aliphatic rings. The molecule has 0 amide bonds. The molecule has 0 heterocycles. The van der Waals surface area contributed by atoms with Crippen molar-refractivity contribution in [3.63, 3.8) is 0 Å². The van der Waals surface area contributed by atoms with Crippen LogP contribution >= 0.6 is 0 Å². The molecule has 0 aromatic heterocycles. The molecule has 0 saturated heterocycles. The lowest BCUT2D eigenvalue weighted by Crippen LogP contribution is -1.94. The molecular formula is C23H30O3. The van der Waals surface area contributed by atoms with Gasteiger partial charge in [-0.25, -0.2) is 0 Å². The van der Waals surface area contributed by atoms with E-state index in [0.717, 1.165) is 18.4 Å². The van der Waals surface area contributed by atoms with Crippen LogP contribution < -0.4 is 0 Å². The van der Waals surface area contributed by atoms with Crippen molar-refractivity contribution in [3.05, 3.63) is 96.2 Å². The van der Waals surface area contributed by atoms with Crippen LogP contribution in [-0.2, 0) is 4.79 Å². The molecule has 0 aromatic rings. The third-order valence-electron chi connectivity index (χ3n) is 3.38. The number of aliphatic hydroxyl groups is 1. The summed E-state index contributed by atoms with van der Waals surface area (Å²) >= 11 is 0. The number of allylic oxidation sites excluding steroid dienone is 16. The highest BCUT2D eigenvalue weighted by molar-refractivity contribution is 5.67. The van der Waals surface area contributed by atoms with E-state index in [1.54, 1.807) is 0 Å². The van der Waals surface area contributed by atoms with Crippen LogP contribution in [0.3, 0.4) is 0 Å². The van der Waals surface area contributed by atoms with Gasteiger partial charge in [-0.05, 0) is 30.4 Å². The topological polar surface area (TPSA) is 57.5 Å². The molecule has 3 nitrogen and oxygen atoms in total. The summed E-state index contributed by atoms with van der Waals surface area (Å²) in [5.74, 6) is -0.754. The summed E-state index contributed by atoms with van der Waals surface area (Å²) in [6.45, 7) is 0.269. The molecule has 2 rings (SSSR count). The van der Waals surface area contributed by atoms with Crippen LogP contribution in [-0.4, -0.2) is 22.8 Å². The Morgan fingerprint density at radius 2 is 1.19 bits per heavy atom. The summed E-state index contributed by atoms with van der Waals surface area (Å²) in [5, 5.41) is 17.1. The maximum Gasteiger partial charge on any atom is 0.303 e. The largest absolute Gasteiger partial charge is 0.481 e. The van der Waals surface area contributed by atoms with Gasteiger partial charge in [-0.3, -0.25) is 4.79 Å². The Morgan fingerprint density at radius 1 is 0.731 bits per heavy atom. The van der Waals surface area contributed by atoms with Gasteiger partial charge in [0.15, 0.2) is 0 Å². The van der Waals surface area contributed by atoms with Gasteiger partial charge in [0.2, 0.25) is 0 Å². The minimum absolute atomic E-state index is 0. The molecule has 0 spiro atoms. The molecule has 26 heavy (non-hydrogen) atoms. The maximum absolute atomic E-state index is 10.3. The molecule has 0 radical (unpaired) electrons. The van der Waals surface area contributed by atoms with Crippen molar-refractivity contribution in [2.75, 3.05) is 6.61 Å². The first-order chi connectivity index (χ1) is 12.2. The summed E-state index contributed by atoms with van der Waals surface area (Å²) in [5.41, 5.74) is 2.31. The molecule has 0 aliphatic heterocycles. The highest BCUT2D eigenvalue weighted by Gasteiger charge is 1.98. The number of hydrogen-bond acceptors (Lipinski definition) is 2. The second kappa shape index (κ2) is 15.9. The number of hydrogen-bond donors (Lipinski definition) is 2. The van der Waals surface area contributed by atoms with E-state index in [2.05, 4.69) is 12.2 Å². The summed E-state index contributed by atoms with van der Waals surface area (Å²) in [6, 6.07) is 0. The van der Waals surface area contributed by atoms with Gasteiger partial charge in [-0.2, -0.15) is 0 Å². The van der Waals surface area contributed by atoms with E-state index in [-0.39, 0.29) is 20.5 Å². The lowest BCUT2D eigenvalue weighted by molar-refractivity contribution is -0.136. The number of rotatable bonds is 6. The molecular weight excluding hydrogens is 324 g/mol. The second-order valence-corrected chi connectivity index (χ2v) is 5.46. The molecule has 0 aromatic carbocycles. The highest BCUT2D eigenvalue weighted by atomic mass is 16.4. The lowest BCUT2D eigenvalue weighted by atomic mass is 10.1. The third-order valence-corrected chi connectivity index (χ3v) is 3.38. The Hall–Kier alpha value is -2.65. The molecule has 0 bridgehead atoms. The molecule has 0 saturated carbocycles. The van der Waals surface area contributed by atoms with Crippen LogP contribution in [0.15, 0.2) is 96.2 Å². The summed E-state index contributed by atoms with van der Waals surface area (Å²) in [4.78, 5) is 10.3. The summed E-state index contributed by atoms with van der Waals surface area (Å²) < 4.78 is 0. The maximum atomic E-state index is 10.3. The van der Waals surface area contributed by atoms with Crippen molar-refractivity contribution in [2.24, 2.45) is 0 Å². The molecule has 3 heteroatoms. The molecule has 2 N–H and O–H groups in total. The molecule has 0 unspecified atom stereocenters. The summed E-state index contributed by atoms with van der Waals surface area (Å²) in [6.07, 6.45) is 30.2. The van der Waals surface area contributed by atoms with E-state index < -0.39 is 5.97 Å². The standard InChI is InChI=1S/C11H12O2.C11H14O.CH4/c12-11(13)9-8-10-6-4-2-1-3-5-7-10;12-10-6-9-11-7-4-2-1-3-5-8-11;/h1-7H,8-9H2,(H,12,13);1-5,7-8,12H,6,9-10H2;1H4/b2-1-,3-1?,4-2?,5-3-,6-4?,7-5?,10-6?,10-7?;2-1-,3-1?,4-2?,5-3-,7-4?,8-5?,11-7?,11-8?;. The van der Waals surface area contributed by atoms with Crippen molar-refractivity contribution in [3.8, 4) is 0 Å². The Balaban J connectivity index is 0.000000464. The number of carboxylic acid groups (broad SMARTS) is 1. The predicted molar refractivity (Wildman–Crippen MR) is 111 cm³/mol. The number of carboxylic acids is 1. The van der Waals surface area contributed by atoms with Crippen molar-refractivity contribution in [1.82, 2.24) is 0 Å². The van der Waals surface area contributed by atoms with Gasteiger partial charge in [0.05, 0.1) is 0 Å². The minimum Gasteiger partial charge on any atom is -0.481 e. The van der Waals surface area contributed by atoms with Gasteiger partial charge in [-0.1, -0.05) is 92.5 Å². The zero-order chi connectivity index (χ0) is 18.2. The van der Waals surface area contributed by atoms with Crippen LogP contribution in [0.4, 0.5) is 0 Å². The summed E-state index contributed by atoms with van der Waals surface area (Å²) in [7, 11) is 0. The van der Waals surface area contributed by atoms with Crippen molar-refractivity contribution in [1.29, 1.82) is 0 Å². The quantitative estimate of drug-likeness (QED) is 0.665. The van der Waals surface area contributed by atoms with Crippen LogP contribution in [0, 0.1) is 0 Å². The van der Waals surface area contributed by atoms with Gasteiger partial charge in [0.1, 0.15) is 0 Å². The normalized spacial score (nSPS) is 19.6. The Bertz CT molecular complexity index is 638. The highest BCUT2D eigenvalue weighted by Crippen LogP contribution is 2.09. The van der Waals surface area contributed by atoms with Crippen LogP contribution in [0.2, 0.25) is 0 Å². The first-order valence-corrected chi connectivity index (χ1v) is 8.46. The first kappa shape index (κ1) is 23.4. The van der Waals surface area contributed by atoms with Gasteiger partial charge in [-0.15, -0.1) is 0 Å². The minimum atomic E-state index is -0.754.